The predicted molar refractivity (Wildman–Crippen MR) is 47.2 cm³/mol. The van der Waals surface area contributed by atoms with E-state index in [2.05, 4.69) is 5.32 Å². The van der Waals surface area contributed by atoms with E-state index in [1.54, 1.807) is 7.05 Å². The Morgan fingerprint density at radius 2 is 2.18 bits per heavy atom. The molecule has 1 atom stereocenters. The van der Waals surface area contributed by atoms with Crippen molar-refractivity contribution in [2.75, 3.05) is 26.8 Å². The Balaban J connectivity index is 0. The van der Waals surface area contributed by atoms with Crippen molar-refractivity contribution in [2.45, 2.75) is 19.5 Å². The van der Waals surface area contributed by atoms with Gasteiger partial charge in [0.1, 0.15) is 6.17 Å². The second-order valence-electron chi connectivity index (χ2n) is 2.14. The number of alkyl halides is 1. The number of hydrogen-bond acceptors (Lipinski definition) is 2. The molecule has 1 N–H and O–H groups in total. The fourth-order valence-corrected chi connectivity index (χ4v) is 0.679. The highest BCUT2D eigenvalue weighted by molar-refractivity contribution is 5.85. The van der Waals surface area contributed by atoms with Crippen molar-refractivity contribution < 1.29 is 9.13 Å². The SMILES string of the molecule is CCOCCC(F)CNC.Cl. The van der Waals surface area contributed by atoms with Gasteiger partial charge in [-0.1, -0.05) is 0 Å². The number of ether oxygens (including phenoxy) is 1. The molecule has 0 aromatic rings. The van der Waals surface area contributed by atoms with E-state index in [-0.39, 0.29) is 12.4 Å². The molecule has 2 nitrogen and oxygen atoms in total. The van der Waals surface area contributed by atoms with Crippen LogP contribution in [-0.4, -0.2) is 33.0 Å². The lowest BCUT2D eigenvalue weighted by molar-refractivity contribution is 0.122. The third-order valence-corrected chi connectivity index (χ3v) is 1.21. The van der Waals surface area contributed by atoms with Crippen LogP contribution in [0.15, 0.2) is 0 Å². The third kappa shape index (κ3) is 10.1. The minimum atomic E-state index is -0.767. The van der Waals surface area contributed by atoms with Gasteiger partial charge in [0.25, 0.3) is 0 Å². The zero-order chi connectivity index (χ0) is 7.82. The van der Waals surface area contributed by atoms with Gasteiger partial charge in [0.2, 0.25) is 0 Å². The van der Waals surface area contributed by atoms with Gasteiger partial charge in [0.15, 0.2) is 0 Å². The highest BCUT2D eigenvalue weighted by atomic mass is 35.5. The zero-order valence-electron chi connectivity index (χ0n) is 7.10. The molecule has 0 amide bonds. The van der Waals surface area contributed by atoms with Crippen molar-refractivity contribution >= 4 is 12.4 Å². The summed E-state index contributed by atoms with van der Waals surface area (Å²) in [6.07, 6.45) is -0.272. The van der Waals surface area contributed by atoms with Crippen LogP contribution in [0.5, 0.6) is 0 Å². The van der Waals surface area contributed by atoms with E-state index in [9.17, 15) is 4.39 Å². The van der Waals surface area contributed by atoms with Crippen LogP contribution in [0.2, 0.25) is 0 Å². The van der Waals surface area contributed by atoms with Gasteiger partial charge < -0.3 is 10.1 Å². The van der Waals surface area contributed by atoms with Gasteiger partial charge in [-0.25, -0.2) is 4.39 Å². The Bertz CT molecular complexity index is 75.5. The summed E-state index contributed by atoms with van der Waals surface area (Å²) in [6, 6.07) is 0. The van der Waals surface area contributed by atoms with E-state index >= 15 is 0 Å². The van der Waals surface area contributed by atoms with Crippen LogP contribution in [0, 0.1) is 0 Å². The fourth-order valence-electron chi connectivity index (χ4n) is 0.679. The maximum atomic E-state index is 12.6. The van der Waals surface area contributed by atoms with Gasteiger partial charge in [-0.05, 0) is 14.0 Å². The molecule has 0 rings (SSSR count). The van der Waals surface area contributed by atoms with E-state index < -0.39 is 6.17 Å². The fraction of sp³-hybridized carbons (Fsp3) is 1.00. The standard InChI is InChI=1S/C7H16FNO.ClH/c1-3-10-5-4-7(8)6-9-2;/h7,9H,3-6H2,1-2H3;1H. The Morgan fingerprint density at radius 1 is 1.55 bits per heavy atom. The average molecular weight is 186 g/mol. The van der Waals surface area contributed by atoms with Crippen molar-refractivity contribution in [3.8, 4) is 0 Å². The van der Waals surface area contributed by atoms with E-state index in [1.165, 1.54) is 0 Å². The quantitative estimate of drug-likeness (QED) is 0.632. The molecule has 0 aliphatic heterocycles. The zero-order valence-corrected chi connectivity index (χ0v) is 7.92. The Morgan fingerprint density at radius 3 is 2.64 bits per heavy atom. The molecule has 4 heteroatoms. The summed E-state index contributed by atoms with van der Waals surface area (Å²) in [7, 11) is 1.74. The van der Waals surface area contributed by atoms with E-state index in [0.29, 0.717) is 26.2 Å². The molecule has 11 heavy (non-hydrogen) atoms. The molecule has 0 spiro atoms. The van der Waals surface area contributed by atoms with Crippen LogP contribution in [-0.2, 0) is 4.74 Å². The second-order valence-corrected chi connectivity index (χ2v) is 2.14. The van der Waals surface area contributed by atoms with Crippen LogP contribution in [0.4, 0.5) is 4.39 Å². The van der Waals surface area contributed by atoms with Crippen LogP contribution in [0.25, 0.3) is 0 Å². The highest BCUT2D eigenvalue weighted by Gasteiger charge is 2.02. The number of nitrogens with one attached hydrogen (secondary N) is 1. The second kappa shape index (κ2) is 10.1. The average Bonchev–Trinajstić information content (AvgIpc) is 1.89. The lowest BCUT2D eigenvalue weighted by Crippen LogP contribution is -2.21. The molecule has 0 aromatic heterocycles. The Hall–Kier alpha value is 0.140. The first-order chi connectivity index (χ1) is 4.81. The largest absolute Gasteiger partial charge is 0.382 e. The first kappa shape index (κ1) is 13.7. The first-order valence-electron chi connectivity index (χ1n) is 3.67. The molecular weight excluding hydrogens is 169 g/mol. The third-order valence-electron chi connectivity index (χ3n) is 1.21. The predicted octanol–water partition coefficient (Wildman–Crippen LogP) is 1.39. The smallest absolute Gasteiger partial charge is 0.115 e. The van der Waals surface area contributed by atoms with Crippen molar-refractivity contribution in [3.63, 3.8) is 0 Å². The van der Waals surface area contributed by atoms with Gasteiger partial charge in [-0.15, -0.1) is 12.4 Å². The molecule has 1 unspecified atom stereocenters. The number of rotatable bonds is 6. The topological polar surface area (TPSA) is 21.3 Å². The molecule has 70 valence electrons. The van der Waals surface area contributed by atoms with Gasteiger partial charge in [0, 0.05) is 26.2 Å². The van der Waals surface area contributed by atoms with Gasteiger partial charge in [-0.3, -0.25) is 0 Å². The highest BCUT2D eigenvalue weighted by Crippen LogP contribution is 1.95. The lowest BCUT2D eigenvalue weighted by Gasteiger charge is -2.06. The van der Waals surface area contributed by atoms with E-state index in [0.717, 1.165) is 0 Å². The molecule has 0 fully saturated rings. The molecule has 0 heterocycles. The minimum absolute atomic E-state index is 0. The van der Waals surface area contributed by atoms with Crippen LogP contribution < -0.4 is 5.32 Å². The van der Waals surface area contributed by atoms with Gasteiger partial charge >= 0.3 is 0 Å². The van der Waals surface area contributed by atoms with Crippen molar-refractivity contribution in [3.05, 3.63) is 0 Å². The Labute approximate surface area is 73.9 Å². The Kier molecular flexibility index (Phi) is 12.6. The molecule has 0 aliphatic rings. The monoisotopic (exact) mass is 185 g/mol. The summed E-state index contributed by atoms with van der Waals surface area (Å²) >= 11 is 0. The first-order valence-corrected chi connectivity index (χ1v) is 3.67. The summed E-state index contributed by atoms with van der Waals surface area (Å²) in [6.45, 7) is 3.53. The normalized spacial score (nSPS) is 12.3. The van der Waals surface area contributed by atoms with Crippen molar-refractivity contribution in [1.82, 2.24) is 5.32 Å². The summed E-state index contributed by atoms with van der Waals surface area (Å²) in [5.74, 6) is 0. The molecule has 0 bridgehead atoms. The van der Waals surface area contributed by atoms with Crippen LogP contribution in [0.1, 0.15) is 13.3 Å². The minimum Gasteiger partial charge on any atom is -0.382 e. The van der Waals surface area contributed by atoms with Crippen molar-refractivity contribution in [1.29, 1.82) is 0 Å². The van der Waals surface area contributed by atoms with Crippen LogP contribution in [0.3, 0.4) is 0 Å². The summed E-state index contributed by atoms with van der Waals surface area (Å²) in [5.41, 5.74) is 0. The maximum Gasteiger partial charge on any atom is 0.115 e. The molecule has 0 saturated carbocycles. The number of halogens is 2. The molecule has 0 aliphatic carbocycles. The molecule has 0 aromatic carbocycles. The summed E-state index contributed by atoms with van der Waals surface area (Å²) in [5, 5.41) is 2.76. The summed E-state index contributed by atoms with van der Waals surface area (Å²) < 4.78 is 17.6. The number of hydrogen-bond donors (Lipinski definition) is 1. The van der Waals surface area contributed by atoms with Crippen LogP contribution >= 0.6 is 12.4 Å². The van der Waals surface area contributed by atoms with Crippen molar-refractivity contribution in [2.24, 2.45) is 0 Å². The van der Waals surface area contributed by atoms with Gasteiger partial charge in [-0.2, -0.15) is 0 Å². The lowest BCUT2D eigenvalue weighted by atomic mass is 10.3. The van der Waals surface area contributed by atoms with E-state index in [1.807, 2.05) is 6.92 Å². The summed E-state index contributed by atoms with van der Waals surface area (Å²) in [4.78, 5) is 0. The maximum absolute atomic E-state index is 12.6. The molecular formula is C7H17ClFNO. The van der Waals surface area contributed by atoms with Gasteiger partial charge in [0.05, 0.1) is 0 Å². The van der Waals surface area contributed by atoms with E-state index in [4.69, 9.17) is 4.74 Å². The molecule has 0 radical (unpaired) electrons. The molecule has 0 saturated heterocycles.